The smallest absolute Gasteiger partial charge is 0.316 e. The first-order valence-electron chi connectivity index (χ1n) is 9.76. The first kappa shape index (κ1) is 21.3. The third kappa shape index (κ3) is 3.36. The molecular formula is C22H19F3N4OS. The van der Waals surface area contributed by atoms with Crippen LogP contribution in [0.15, 0.2) is 42.5 Å². The van der Waals surface area contributed by atoms with Crippen LogP contribution in [-0.4, -0.2) is 23.6 Å². The number of anilines is 2. The van der Waals surface area contributed by atoms with Gasteiger partial charge < -0.3 is 10.2 Å². The van der Waals surface area contributed by atoms with Crippen molar-refractivity contribution in [1.29, 1.82) is 5.26 Å². The van der Waals surface area contributed by atoms with Crippen molar-refractivity contribution in [3.63, 3.8) is 0 Å². The molecule has 1 amide bonds. The van der Waals surface area contributed by atoms with E-state index in [-0.39, 0.29) is 16.7 Å². The quantitative estimate of drug-likeness (QED) is 0.711. The van der Waals surface area contributed by atoms with E-state index in [1.165, 1.54) is 11.0 Å². The number of nitrogens with zero attached hydrogens (tertiary/aromatic N) is 3. The average molecular weight is 444 g/mol. The van der Waals surface area contributed by atoms with Crippen LogP contribution in [0.1, 0.15) is 36.0 Å². The lowest BCUT2D eigenvalue weighted by Gasteiger charge is -2.43. The highest BCUT2D eigenvalue weighted by Crippen LogP contribution is 2.48. The molecule has 0 atom stereocenters. The number of carbonyl (C=O) groups is 1. The second-order valence-electron chi connectivity index (χ2n) is 7.68. The lowest BCUT2D eigenvalue weighted by Crippen LogP contribution is -2.55. The van der Waals surface area contributed by atoms with Gasteiger partial charge >= 0.3 is 6.18 Å². The summed E-state index contributed by atoms with van der Waals surface area (Å²) in [6, 6.07) is 12.4. The molecule has 1 aliphatic heterocycles. The van der Waals surface area contributed by atoms with E-state index in [0.717, 1.165) is 29.8 Å². The molecule has 1 aliphatic carbocycles. The Morgan fingerprint density at radius 3 is 2.32 bits per heavy atom. The van der Waals surface area contributed by atoms with Crippen LogP contribution in [0.3, 0.4) is 0 Å². The van der Waals surface area contributed by atoms with Crippen LogP contribution in [0.5, 0.6) is 0 Å². The minimum absolute atomic E-state index is 0.0157. The highest BCUT2D eigenvalue weighted by atomic mass is 32.1. The molecule has 0 aromatic heterocycles. The van der Waals surface area contributed by atoms with Gasteiger partial charge in [0, 0.05) is 12.2 Å². The summed E-state index contributed by atoms with van der Waals surface area (Å²) in [7, 11) is 1.84. The van der Waals surface area contributed by atoms with Crippen molar-refractivity contribution in [2.75, 3.05) is 16.8 Å². The second kappa shape index (κ2) is 7.62. The number of hydrogen-bond donors (Lipinski definition) is 1. The summed E-state index contributed by atoms with van der Waals surface area (Å²) < 4.78 is 40.4. The van der Waals surface area contributed by atoms with Crippen molar-refractivity contribution in [2.45, 2.75) is 37.5 Å². The fourth-order valence-electron chi connectivity index (χ4n) is 4.18. The lowest BCUT2D eigenvalue weighted by molar-refractivity contribution is -0.137. The summed E-state index contributed by atoms with van der Waals surface area (Å²) in [5, 5.41) is 12.3. The maximum absolute atomic E-state index is 13.5. The van der Waals surface area contributed by atoms with Crippen molar-refractivity contribution in [3.8, 4) is 6.07 Å². The molecule has 1 spiro atoms. The summed E-state index contributed by atoms with van der Waals surface area (Å²) in [5.41, 5.74) is -0.658. The van der Waals surface area contributed by atoms with Crippen molar-refractivity contribution < 1.29 is 18.0 Å². The van der Waals surface area contributed by atoms with Gasteiger partial charge in [-0.3, -0.25) is 9.69 Å². The zero-order valence-corrected chi connectivity index (χ0v) is 17.5. The normalized spacial score (nSPS) is 17.8. The molecule has 2 aromatic carbocycles. The number of alkyl halides is 3. The Hall–Kier alpha value is -2.96. The zero-order chi connectivity index (χ0) is 22.4. The van der Waals surface area contributed by atoms with Crippen LogP contribution in [0, 0.1) is 11.3 Å². The zero-order valence-electron chi connectivity index (χ0n) is 16.7. The second-order valence-corrected chi connectivity index (χ2v) is 8.05. The summed E-state index contributed by atoms with van der Waals surface area (Å²) in [5.74, 6) is -0.333. The van der Waals surface area contributed by atoms with E-state index < -0.39 is 22.8 Å². The summed E-state index contributed by atoms with van der Waals surface area (Å²) >= 11 is 5.61. The van der Waals surface area contributed by atoms with Crippen LogP contribution >= 0.6 is 12.2 Å². The first-order chi connectivity index (χ1) is 14.7. The molecule has 0 radical (unpaired) electrons. The number of amides is 1. The predicted molar refractivity (Wildman–Crippen MR) is 115 cm³/mol. The van der Waals surface area contributed by atoms with Crippen LogP contribution in [0.4, 0.5) is 24.5 Å². The third-order valence-electron chi connectivity index (χ3n) is 5.86. The van der Waals surface area contributed by atoms with Gasteiger partial charge in [0.25, 0.3) is 5.91 Å². The Kier molecular flexibility index (Phi) is 5.23. The number of carbonyl (C=O) groups excluding carboxylic acids is 1. The summed E-state index contributed by atoms with van der Waals surface area (Å²) in [6.07, 6.45) is -2.74. The van der Waals surface area contributed by atoms with Crippen LogP contribution in [0.25, 0.3) is 0 Å². The number of halogens is 3. The maximum Gasteiger partial charge on any atom is 0.417 e. The molecule has 2 aliphatic rings. The number of thiocarbonyl (C=S) groups is 1. The Morgan fingerprint density at radius 1 is 1.16 bits per heavy atom. The number of nitriles is 1. The minimum atomic E-state index is -4.72. The van der Waals surface area contributed by atoms with Crippen molar-refractivity contribution in [2.24, 2.45) is 0 Å². The standard InChI is InChI=1S/C22H19F3N4OS/c1-27-13-14-3-6-16(7-4-14)29-20(31)28(19(30)21(29)9-2-10-21)17-8-5-15(12-26)18(11-17)22(23,24)25/h3-8,11,27H,2,9-10,13H2,1H3. The van der Waals surface area contributed by atoms with Crippen LogP contribution < -0.4 is 15.1 Å². The molecule has 1 heterocycles. The SMILES string of the molecule is CNCc1ccc(N2C(=S)N(c3ccc(C#N)c(C(F)(F)F)c3)C(=O)C23CCC3)cc1. The fourth-order valence-corrected chi connectivity index (χ4v) is 4.65. The molecule has 4 rings (SSSR count). The molecule has 5 nitrogen and oxygen atoms in total. The van der Waals surface area contributed by atoms with Gasteiger partial charge in [0.2, 0.25) is 0 Å². The lowest BCUT2D eigenvalue weighted by atomic mass is 9.75. The maximum atomic E-state index is 13.5. The number of hydrogen-bond acceptors (Lipinski definition) is 4. The number of rotatable bonds is 4. The van der Waals surface area contributed by atoms with Crippen molar-refractivity contribution in [1.82, 2.24) is 5.32 Å². The van der Waals surface area contributed by atoms with Gasteiger partial charge in [-0.2, -0.15) is 18.4 Å². The monoisotopic (exact) mass is 444 g/mol. The molecule has 9 heteroatoms. The fraction of sp³-hybridized carbons (Fsp3) is 0.318. The van der Waals surface area contributed by atoms with E-state index in [4.69, 9.17) is 17.5 Å². The minimum Gasteiger partial charge on any atom is -0.316 e. The Labute approximate surface area is 183 Å². The molecule has 31 heavy (non-hydrogen) atoms. The van der Waals surface area contributed by atoms with E-state index in [2.05, 4.69) is 5.32 Å². The molecule has 1 saturated heterocycles. The number of nitrogens with one attached hydrogen (secondary N) is 1. The Balaban J connectivity index is 1.77. The first-order valence-corrected chi connectivity index (χ1v) is 10.2. The average Bonchev–Trinajstić information content (AvgIpc) is 2.94. The molecule has 1 saturated carbocycles. The highest BCUT2D eigenvalue weighted by molar-refractivity contribution is 7.81. The van der Waals surface area contributed by atoms with E-state index in [9.17, 15) is 18.0 Å². The molecule has 160 valence electrons. The van der Waals surface area contributed by atoms with Crippen molar-refractivity contribution in [3.05, 3.63) is 59.2 Å². The summed E-state index contributed by atoms with van der Waals surface area (Å²) in [4.78, 5) is 16.4. The molecule has 1 N–H and O–H groups in total. The van der Waals surface area contributed by atoms with Crippen LogP contribution in [0.2, 0.25) is 0 Å². The molecule has 2 aromatic rings. The molecule has 2 fully saturated rings. The predicted octanol–water partition coefficient (Wildman–Crippen LogP) is 4.36. The van der Waals surface area contributed by atoms with Gasteiger partial charge in [-0.1, -0.05) is 12.1 Å². The topological polar surface area (TPSA) is 59.4 Å². The van der Waals surface area contributed by atoms with Crippen molar-refractivity contribution >= 4 is 34.6 Å². The Morgan fingerprint density at radius 2 is 1.81 bits per heavy atom. The van der Waals surface area contributed by atoms with E-state index in [1.54, 1.807) is 11.0 Å². The number of benzene rings is 2. The van der Waals surface area contributed by atoms with Gasteiger partial charge in [-0.15, -0.1) is 0 Å². The third-order valence-corrected chi connectivity index (χ3v) is 6.22. The van der Waals surface area contributed by atoms with Gasteiger partial charge in [-0.25, -0.2) is 0 Å². The Bertz CT molecular complexity index is 1090. The highest BCUT2D eigenvalue weighted by Gasteiger charge is 2.59. The van der Waals surface area contributed by atoms with Gasteiger partial charge in [-0.05, 0) is 74.4 Å². The van der Waals surface area contributed by atoms with Gasteiger partial charge in [0.15, 0.2) is 5.11 Å². The largest absolute Gasteiger partial charge is 0.417 e. The van der Waals surface area contributed by atoms with E-state index in [0.29, 0.717) is 19.4 Å². The van der Waals surface area contributed by atoms with E-state index >= 15 is 0 Å². The van der Waals surface area contributed by atoms with E-state index in [1.807, 2.05) is 31.3 Å². The molecule has 0 unspecified atom stereocenters. The van der Waals surface area contributed by atoms with Gasteiger partial charge in [0.05, 0.1) is 22.9 Å². The van der Waals surface area contributed by atoms with Crippen LogP contribution in [-0.2, 0) is 17.5 Å². The summed E-state index contributed by atoms with van der Waals surface area (Å²) in [6.45, 7) is 0.687. The van der Waals surface area contributed by atoms with Gasteiger partial charge in [0.1, 0.15) is 5.54 Å². The molecule has 0 bridgehead atoms. The molecular weight excluding hydrogens is 425 g/mol.